The van der Waals surface area contributed by atoms with E-state index < -0.39 is 6.16 Å². The van der Waals surface area contributed by atoms with Crippen LogP contribution >= 0.6 is 0 Å². The van der Waals surface area contributed by atoms with Crippen molar-refractivity contribution in [3.8, 4) is 5.75 Å². The summed E-state index contributed by atoms with van der Waals surface area (Å²) in [4.78, 5) is 10.2. The Bertz CT molecular complexity index is 316. The van der Waals surface area contributed by atoms with Gasteiger partial charge in [0.05, 0.1) is 0 Å². The van der Waals surface area contributed by atoms with Gasteiger partial charge in [0, 0.05) is 0 Å². The van der Waals surface area contributed by atoms with Gasteiger partial charge in [0.15, 0.2) is 0 Å². The molecule has 0 atom stereocenters. The van der Waals surface area contributed by atoms with Crippen molar-refractivity contribution in [1.82, 2.24) is 0 Å². The number of carbonyl (C=O) groups is 1. The molecular weight excluding hydrogens is 204 g/mol. The van der Waals surface area contributed by atoms with Crippen molar-refractivity contribution in [2.75, 3.05) is 0 Å². The van der Waals surface area contributed by atoms with Gasteiger partial charge in [-0.3, -0.25) is 0 Å². The first kappa shape index (κ1) is 12.6. The molecule has 3 heteroatoms. The zero-order valence-corrected chi connectivity index (χ0v) is 9.57. The van der Waals surface area contributed by atoms with Crippen molar-refractivity contribution in [1.29, 1.82) is 0 Å². The Morgan fingerprint density at radius 2 is 1.81 bits per heavy atom. The molecule has 0 fully saturated rings. The maximum atomic E-state index is 10.2. The highest BCUT2D eigenvalue weighted by atomic mass is 16.7. The molecule has 1 radical (unpaired) electrons. The third kappa shape index (κ3) is 4.82. The monoisotopic (exact) mass is 221 g/mol. The van der Waals surface area contributed by atoms with Crippen LogP contribution < -0.4 is 4.74 Å². The van der Waals surface area contributed by atoms with Gasteiger partial charge in [-0.15, -0.1) is 0 Å². The van der Waals surface area contributed by atoms with Crippen molar-refractivity contribution >= 4 is 6.16 Å². The standard InChI is InChI=1S/C13H17O3/c1-2-3-4-5-6-11-7-9-12(10-8-11)16-13(14)15/h7-10H,2-6H2,1H3. The van der Waals surface area contributed by atoms with Gasteiger partial charge < -0.3 is 4.74 Å². The quantitative estimate of drug-likeness (QED) is 0.417. The molecule has 0 saturated carbocycles. The number of carbonyl (C=O) groups excluding carboxylic acids is 1. The lowest BCUT2D eigenvalue weighted by molar-refractivity contribution is 0.117. The first-order chi connectivity index (χ1) is 7.72. The second-order valence-corrected chi connectivity index (χ2v) is 3.81. The van der Waals surface area contributed by atoms with Gasteiger partial charge >= 0.3 is 6.16 Å². The lowest BCUT2D eigenvalue weighted by Crippen LogP contribution is -2.00. The van der Waals surface area contributed by atoms with Crippen molar-refractivity contribution in [3.05, 3.63) is 29.8 Å². The van der Waals surface area contributed by atoms with Crippen LogP contribution in [0, 0.1) is 0 Å². The summed E-state index contributed by atoms with van der Waals surface area (Å²) >= 11 is 0. The number of unbranched alkanes of at least 4 members (excludes halogenated alkanes) is 3. The van der Waals surface area contributed by atoms with Crippen LogP contribution in [0.25, 0.3) is 0 Å². The van der Waals surface area contributed by atoms with E-state index in [1.54, 1.807) is 12.1 Å². The molecule has 1 rings (SSSR count). The summed E-state index contributed by atoms with van der Waals surface area (Å²) in [5.74, 6) is 0.317. The van der Waals surface area contributed by atoms with Crippen molar-refractivity contribution in [2.24, 2.45) is 0 Å². The molecule has 16 heavy (non-hydrogen) atoms. The average molecular weight is 221 g/mol. The van der Waals surface area contributed by atoms with Gasteiger partial charge in [-0.25, -0.2) is 0 Å². The minimum Gasteiger partial charge on any atom is -0.392 e. The Morgan fingerprint density at radius 1 is 1.12 bits per heavy atom. The Morgan fingerprint density at radius 3 is 2.38 bits per heavy atom. The highest BCUT2D eigenvalue weighted by Crippen LogP contribution is 2.14. The van der Waals surface area contributed by atoms with E-state index in [0.717, 1.165) is 6.42 Å². The third-order valence-electron chi connectivity index (χ3n) is 2.44. The third-order valence-corrected chi connectivity index (χ3v) is 2.44. The lowest BCUT2D eigenvalue weighted by atomic mass is 10.1. The topological polar surface area (TPSA) is 46.2 Å². The largest absolute Gasteiger partial charge is 0.555 e. The number of hydrogen-bond acceptors (Lipinski definition) is 2. The molecule has 1 aromatic rings. The molecule has 0 bridgehead atoms. The van der Waals surface area contributed by atoms with Gasteiger partial charge in [-0.05, 0) is 30.5 Å². The molecule has 0 heterocycles. The second-order valence-electron chi connectivity index (χ2n) is 3.81. The van der Waals surface area contributed by atoms with Gasteiger partial charge in [0.2, 0.25) is 0 Å². The fraction of sp³-hybridized carbons (Fsp3) is 0.462. The van der Waals surface area contributed by atoms with Crippen LogP contribution in [-0.2, 0) is 11.5 Å². The normalized spacial score (nSPS) is 10.1. The highest BCUT2D eigenvalue weighted by molar-refractivity contribution is 5.60. The summed E-state index contributed by atoms with van der Waals surface area (Å²) in [5.41, 5.74) is 1.21. The molecule has 0 aromatic heterocycles. The van der Waals surface area contributed by atoms with Crippen LogP contribution in [0.4, 0.5) is 4.79 Å². The zero-order valence-electron chi connectivity index (χ0n) is 9.57. The van der Waals surface area contributed by atoms with E-state index in [4.69, 9.17) is 0 Å². The van der Waals surface area contributed by atoms with Crippen molar-refractivity contribution < 1.29 is 14.6 Å². The Balaban J connectivity index is 2.36. The molecule has 0 saturated heterocycles. The SMILES string of the molecule is CCCCCCc1ccc(OC([O])=O)cc1. The summed E-state index contributed by atoms with van der Waals surface area (Å²) in [7, 11) is 0. The van der Waals surface area contributed by atoms with E-state index in [-0.39, 0.29) is 0 Å². The Kier molecular flexibility index (Phi) is 5.40. The van der Waals surface area contributed by atoms with Gasteiger partial charge in [0.1, 0.15) is 5.75 Å². The molecule has 0 N–H and O–H groups in total. The molecule has 87 valence electrons. The number of benzene rings is 1. The molecule has 0 aliphatic rings. The average Bonchev–Trinajstić information content (AvgIpc) is 2.26. The van der Waals surface area contributed by atoms with E-state index in [1.165, 1.54) is 31.2 Å². The summed E-state index contributed by atoms with van der Waals surface area (Å²) in [5, 5.41) is 10.2. The molecule has 0 amide bonds. The predicted octanol–water partition coefficient (Wildman–Crippen LogP) is 3.74. The lowest BCUT2D eigenvalue weighted by Gasteiger charge is -2.02. The summed E-state index contributed by atoms with van der Waals surface area (Å²) in [6.07, 6.45) is 4.44. The maximum Gasteiger partial charge on any atom is 0.555 e. The fourth-order valence-electron chi connectivity index (χ4n) is 1.58. The van der Waals surface area contributed by atoms with E-state index in [2.05, 4.69) is 11.7 Å². The molecule has 3 nitrogen and oxygen atoms in total. The number of hydrogen-bond donors (Lipinski definition) is 0. The zero-order chi connectivity index (χ0) is 11.8. The van der Waals surface area contributed by atoms with Crippen LogP contribution in [0.1, 0.15) is 38.2 Å². The molecular formula is C13H17O3. The maximum absolute atomic E-state index is 10.2. The smallest absolute Gasteiger partial charge is 0.392 e. The van der Waals surface area contributed by atoms with Gasteiger partial charge in [0.25, 0.3) is 0 Å². The Labute approximate surface area is 96.1 Å². The van der Waals surface area contributed by atoms with E-state index in [0.29, 0.717) is 5.75 Å². The van der Waals surface area contributed by atoms with E-state index in [9.17, 15) is 9.90 Å². The first-order valence-electron chi connectivity index (χ1n) is 5.70. The van der Waals surface area contributed by atoms with Crippen LogP contribution in [0.3, 0.4) is 0 Å². The van der Waals surface area contributed by atoms with Crippen LogP contribution in [0.5, 0.6) is 5.75 Å². The summed E-state index contributed by atoms with van der Waals surface area (Å²) < 4.78 is 4.42. The first-order valence-corrected chi connectivity index (χ1v) is 5.70. The molecule has 0 unspecified atom stereocenters. The van der Waals surface area contributed by atoms with Crippen molar-refractivity contribution in [3.63, 3.8) is 0 Å². The fourth-order valence-corrected chi connectivity index (χ4v) is 1.58. The van der Waals surface area contributed by atoms with Crippen LogP contribution in [0.15, 0.2) is 24.3 Å². The van der Waals surface area contributed by atoms with Gasteiger partial charge in [-0.2, -0.15) is 9.90 Å². The predicted molar refractivity (Wildman–Crippen MR) is 61.0 cm³/mol. The number of aryl methyl sites for hydroxylation is 1. The molecule has 0 aliphatic carbocycles. The summed E-state index contributed by atoms with van der Waals surface area (Å²) in [6, 6.07) is 7.10. The highest BCUT2D eigenvalue weighted by Gasteiger charge is 2.02. The minimum absolute atomic E-state index is 0.317. The molecule has 1 aromatic carbocycles. The van der Waals surface area contributed by atoms with Crippen molar-refractivity contribution in [2.45, 2.75) is 39.0 Å². The van der Waals surface area contributed by atoms with Gasteiger partial charge in [-0.1, -0.05) is 38.3 Å². The Hall–Kier alpha value is -1.51. The van der Waals surface area contributed by atoms with Crippen LogP contribution in [-0.4, -0.2) is 6.16 Å². The van der Waals surface area contributed by atoms with Crippen LogP contribution in [0.2, 0.25) is 0 Å². The summed E-state index contributed by atoms with van der Waals surface area (Å²) in [6.45, 7) is 2.19. The second kappa shape index (κ2) is 6.88. The minimum atomic E-state index is -1.52. The molecule has 0 spiro atoms. The number of ether oxygens (including phenoxy) is 1. The number of rotatable bonds is 6. The van der Waals surface area contributed by atoms with E-state index >= 15 is 0 Å². The van der Waals surface area contributed by atoms with E-state index in [1.807, 2.05) is 12.1 Å². The molecule has 0 aliphatic heterocycles.